The number of aromatic nitrogens is 1. The van der Waals surface area contributed by atoms with Crippen molar-refractivity contribution in [3.05, 3.63) is 11.1 Å². The van der Waals surface area contributed by atoms with Gasteiger partial charge in [0, 0.05) is 5.38 Å². The van der Waals surface area contributed by atoms with E-state index in [0.717, 1.165) is 25.0 Å². The summed E-state index contributed by atoms with van der Waals surface area (Å²) in [6, 6.07) is 0. The number of halogens is 1. The molecule has 0 bridgehead atoms. The summed E-state index contributed by atoms with van der Waals surface area (Å²) in [6.07, 6.45) is 2.60. The molecule has 2 rings (SSSR count). The lowest BCUT2D eigenvalue weighted by atomic mass is 9.77. The number of carbonyl (C=O) groups excluding carboxylic acids is 1. The number of anilines is 1. The fraction of sp³-hybridized carbons (Fsp3) is 0.556. The highest BCUT2D eigenvalue weighted by Gasteiger charge is 2.40. The minimum atomic E-state index is -0.639. The van der Waals surface area contributed by atoms with Crippen molar-refractivity contribution < 1.29 is 4.79 Å². The van der Waals surface area contributed by atoms with Crippen LogP contribution in [0.15, 0.2) is 5.38 Å². The molecule has 1 aromatic rings. The molecule has 1 saturated carbocycles. The van der Waals surface area contributed by atoms with Crippen LogP contribution in [0.25, 0.3) is 0 Å². The molecule has 0 saturated heterocycles. The van der Waals surface area contributed by atoms with Crippen molar-refractivity contribution >= 4 is 34.8 Å². The van der Waals surface area contributed by atoms with Crippen molar-refractivity contribution in [1.29, 1.82) is 0 Å². The van der Waals surface area contributed by atoms with E-state index in [4.69, 9.17) is 5.73 Å². The van der Waals surface area contributed by atoms with Crippen molar-refractivity contribution in [3.8, 4) is 0 Å². The molecule has 0 aliphatic heterocycles. The molecule has 84 valence electrons. The highest BCUT2D eigenvalue weighted by atomic mass is 35.5. The van der Waals surface area contributed by atoms with Gasteiger partial charge in [0.1, 0.15) is 0 Å². The Morgan fingerprint density at radius 2 is 2.33 bits per heavy atom. The van der Waals surface area contributed by atoms with Gasteiger partial charge in [0.15, 0.2) is 5.13 Å². The number of hydrogen-bond acceptors (Lipinski definition) is 4. The Balaban J connectivity index is 0.00000112. The predicted octanol–water partition coefficient (Wildman–Crippen LogP) is 1.69. The van der Waals surface area contributed by atoms with E-state index < -0.39 is 5.54 Å². The summed E-state index contributed by atoms with van der Waals surface area (Å²) in [4.78, 5) is 15.8. The smallest absolute Gasteiger partial charge is 0.246 e. The average molecular weight is 248 g/mol. The average Bonchev–Trinajstić information content (AvgIpc) is 2.47. The lowest BCUT2D eigenvalue weighted by molar-refractivity contribution is -0.123. The molecule has 1 aromatic heterocycles. The number of carbonyl (C=O) groups is 1. The van der Waals surface area contributed by atoms with E-state index in [1.807, 2.05) is 12.3 Å². The van der Waals surface area contributed by atoms with Gasteiger partial charge in [-0.1, -0.05) is 0 Å². The molecule has 1 aliphatic rings. The first-order valence-corrected chi connectivity index (χ1v) is 5.51. The third-order valence-corrected chi connectivity index (χ3v) is 3.41. The van der Waals surface area contributed by atoms with Gasteiger partial charge in [0.2, 0.25) is 5.91 Å². The minimum Gasteiger partial charge on any atom is -0.317 e. The van der Waals surface area contributed by atoms with Gasteiger partial charge < -0.3 is 11.1 Å². The number of nitrogens with zero attached hydrogens (tertiary/aromatic N) is 1. The molecule has 1 aliphatic carbocycles. The maximum atomic E-state index is 11.7. The molecule has 0 aromatic carbocycles. The topological polar surface area (TPSA) is 68.0 Å². The summed E-state index contributed by atoms with van der Waals surface area (Å²) in [7, 11) is 0. The van der Waals surface area contributed by atoms with Gasteiger partial charge in [0.25, 0.3) is 0 Å². The molecule has 1 heterocycles. The Bertz CT molecular complexity index is 362. The fourth-order valence-corrected chi connectivity index (χ4v) is 2.10. The highest BCUT2D eigenvalue weighted by Crippen LogP contribution is 2.30. The first-order valence-electron chi connectivity index (χ1n) is 4.63. The molecular formula is C9H14ClN3OS. The zero-order chi connectivity index (χ0) is 10.2. The van der Waals surface area contributed by atoms with E-state index in [1.54, 1.807) is 0 Å². The van der Waals surface area contributed by atoms with Crippen LogP contribution in [0.5, 0.6) is 0 Å². The molecule has 4 nitrogen and oxygen atoms in total. The number of aryl methyl sites for hydroxylation is 1. The number of hydrogen-bond donors (Lipinski definition) is 2. The van der Waals surface area contributed by atoms with Gasteiger partial charge in [-0.25, -0.2) is 4.98 Å². The molecule has 1 fully saturated rings. The largest absolute Gasteiger partial charge is 0.317 e. The number of amides is 1. The van der Waals surface area contributed by atoms with E-state index in [0.29, 0.717) is 5.13 Å². The Kier molecular flexibility index (Phi) is 3.70. The first kappa shape index (κ1) is 12.4. The van der Waals surface area contributed by atoms with E-state index in [9.17, 15) is 4.79 Å². The van der Waals surface area contributed by atoms with Crippen LogP contribution in [-0.4, -0.2) is 16.4 Å². The van der Waals surface area contributed by atoms with Gasteiger partial charge in [0.05, 0.1) is 11.2 Å². The van der Waals surface area contributed by atoms with Crippen LogP contribution in [-0.2, 0) is 4.79 Å². The Labute approximate surface area is 98.7 Å². The molecule has 0 spiro atoms. The van der Waals surface area contributed by atoms with Crippen molar-refractivity contribution in [2.75, 3.05) is 5.32 Å². The van der Waals surface area contributed by atoms with Crippen LogP contribution >= 0.6 is 23.7 Å². The number of nitrogens with two attached hydrogens (primary N) is 1. The molecule has 0 atom stereocenters. The van der Waals surface area contributed by atoms with Gasteiger partial charge >= 0.3 is 0 Å². The van der Waals surface area contributed by atoms with Crippen LogP contribution in [0.2, 0.25) is 0 Å². The van der Waals surface area contributed by atoms with Crippen molar-refractivity contribution in [2.45, 2.75) is 31.7 Å². The first-order chi connectivity index (χ1) is 6.60. The summed E-state index contributed by atoms with van der Waals surface area (Å²) in [5.74, 6) is -0.0990. The summed E-state index contributed by atoms with van der Waals surface area (Å²) in [5.41, 5.74) is 6.15. The van der Waals surface area contributed by atoms with E-state index >= 15 is 0 Å². The monoisotopic (exact) mass is 247 g/mol. The minimum absolute atomic E-state index is 0. The van der Waals surface area contributed by atoms with Crippen molar-refractivity contribution in [3.63, 3.8) is 0 Å². The molecule has 3 N–H and O–H groups in total. The third kappa shape index (κ3) is 2.48. The van der Waals surface area contributed by atoms with Crippen LogP contribution in [0.3, 0.4) is 0 Å². The summed E-state index contributed by atoms with van der Waals surface area (Å²) >= 11 is 1.43. The lowest BCUT2D eigenvalue weighted by Crippen LogP contribution is -2.56. The van der Waals surface area contributed by atoms with Crippen LogP contribution < -0.4 is 11.1 Å². The molecular weight excluding hydrogens is 234 g/mol. The predicted molar refractivity (Wildman–Crippen MR) is 63.5 cm³/mol. The van der Waals surface area contributed by atoms with Crippen LogP contribution in [0.4, 0.5) is 5.13 Å². The standard InChI is InChI=1S/C9H13N3OS.ClH/c1-6-5-14-8(11-6)12-7(13)9(10)3-2-4-9;/h5H,2-4,10H2,1H3,(H,11,12,13);1H. The van der Waals surface area contributed by atoms with Gasteiger partial charge in [-0.15, -0.1) is 23.7 Å². The fourth-order valence-electron chi connectivity index (χ4n) is 1.42. The number of thiazole rings is 1. The molecule has 6 heteroatoms. The zero-order valence-corrected chi connectivity index (χ0v) is 10.1. The van der Waals surface area contributed by atoms with Crippen LogP contribution in [0, 0.1) is 6.92 Å². The van der Waals surface area contributed by atoms with E-state index in [-0.39, 0.29) is 18.3 Å². The van der Waals surface area contributed by atoms with Gasteiger partial charge in [-0.05, 0) is 26.2 Å². The number of rotatable bonds is 2. The summed E-state index contributed by atoms with van der Waals surface area (Å²) < 4.78 is 0. The second-order valence-electron chi connectivity index (χ2n) is 3.76. The normalized spacial score (nSPS) is 17.5. The van der Waals surface area contributed by atoms with Gasteiger partial charge in [-0.3, -0.25) is 4.79 Å². The molecule has 0 unspecified atom stereocenters. The quantitative estimate of drug-likeness (QED) is 0.836. The lowest BCUT2D eigenvalue weighted by Gasteiger charge is -2.35. The maximum absolute atomic E-state index is 11.7. The number of nitrogens with one attached hydrogen (secondary N) is 1. The SMILES string of the molecule is Cc1csc(NC(=O)C2(N)CCC2)n1.Cl. The van der Waals surface area contributed by atoms with Crippen molar-refractivity contribution in [1.82, 2.24) is 4.98 Å². The zero-order valence-electron chi connectivity index (χ0n) is 8.45. The Morgan fingerprint density at radius 1 is 1.67 bits per heavy atom. The van der Waals surface area contributed by atoms with E-state index in [2.05, 4.69) is 10.3 Å². The second-order valence-corrected chi connectivity index (χ2v) is 4.62. The molecule has 0 radical (unpaired) electrons. The van der Waals surface area contributed by atoms with Crippen molar-refractivity contribution in [2.24, 2.45) is 5.73 Å². The Hall–Kier alpha value is -0.650. The summed E-state index contributed by atoms with van der Waals surface area (Å²) in [5, 5.41) is 5.29. The maximum Gasteiger partial charge on any atom is 0.246 e. The summed E-state index contributed by atoms with van der Waals surface area (Å²) in [6.45, 7) is 1.90. The third-order valence-electron chi connectivity index (χ3n) is 2.54. The Morgan fingerprint density at radius 3 is 2.73 bits per heavy atom. The van der Waals surface area contributed by atoms with E-state index in [1.165, 1.54) is 11.3 Å². The molecule has 15 heavy (non-hydrogen) atoms. The molecule has 1 amide bonds. The van der Waals surface area contributed by atoms with Gasteiger partial charge in [-0.2, -0.15) is 0 Å². The van der Waals surface area contributed by atoms with Crippen LogP contribution in [0.1, 0.15) is 25.0 Å². The highest BCUT2D eigenvalue weighted by molar-refractivity contribution is 7.13. The second kappa shape index (κ2) is 4.47.